The third kappa shape index (κ3) is 54.3. The summed E-state index contributed by atoms with van der Waals surface area (Å²) in [5, 5.41) is 0. The van der Waals surface area contributed by atoms with Crippen LogP contribution in [0.5, 0.6) is 0 Å². The van der Waals surface area contributed by atoms with E-state index in [1.54, 1.807) is 0 Å². The van der Waals surface area contributed by atoms with Crippen LogP contribution >= 0.6 is 0 Å². The molecule has 396 valence electrons. The molecule has 0 aliphatic heterocycles. The largest absolute Gasteiger partial charge is 0.462 e. The van der Waals surface area contributed by atoms with Gasteiger partial charge in [0.1, 0.15) is 13.2 Å². The van der Waals surface area contributed by atoms with E-state index in [-0.39, 0.29) is 31.1 Å². The first-order chi connectivity index (χ1) is 33.5. The Balaban J connectivity index is 4.32. The van der Waals surface area contributed by atoms with Gasteiger partial charge in [-0.25, -0.2) is 0 Å². The van der Waals surface area contributed by atoms with Crippen LogP contribution in [-0.4, -0.2) is 37.2 Å². The van der Waals surface area contributed by atoms with Crippen molar-refractivity contribution >= 4 is 17.9 Å². The Morgan fingerprint density at radius 1 is 0.309 bits per heavy atom. The minimum absolute atomic E-state index is 0.0707. The number of carbonyl (C=O) groups is 3. The maximum absolute atomic E-state index is 12.9. The van der Waals surface area contributed by atoms with Crippen molar-refractivity contribution in [1.82, 2.24) is 0 Å². The van der Waals surface area contributed by atoms with E-state index in [0.29, 0.717) is 19.3 Å². The van der Waals surface area contributed by atoms with Crippen LogP contribution in [0.25, 0.3) is 0 Å². The van der Waals surface area contributed by atoms with Crippen LogP contribution in [0.4, 0.5) is 0 Å². The van der Waals surface area contributed by atoms with Crippen molar-refractivity contribution < 1.29 is 28.6 Å². The number of carbonyl (C=O) groups excluding carboxylic acids is 3. The lowest BCUT2D eigenvalue weighted by atomic mass is 10.0. The summed E-state index contributed by atoms with van der Waals surface area (Å²) in [6.07, 6.45) is 69.6. The summed E-state index contributed by atoms with van der Waals surface area (Å²) in [4.78, 5) is 38.2. The Bertz CT molecular complexity index is 1190. The van der Waals surface area contributed by atoms with Crippen molar-refractivity contribution in [1.29, 1.82) is 0 Å². The molecule has 0 saturated heterocycles. The van der Waals surface area contributed by atoms with Gasteiger partial charge < -0.3 is 14.2 Å². The molecule has 0 N–H and O–H groups in total. The number of hydrogen-bond donors (Lipinski definition) is 0. The van der Waals surface area contributed by atoms with Crippen LogP contribution in [0, 0.1) is 0 Å². The molecule has 68 heavy (non-hydrogen) atoms. The Kier molecular flexibility index (Phi) is 54.8. The lowest BCUT2D eigenvalue weighted by Crippen LogP contribution is -2.30. The molecule has 0 aromatic rings. The van der Waals surface area contributed by atoms with Gasteiger partial charge in [-0.1, -0.05) is 281 Å². The lowest BCUT2D eigenvalue weighted by Gasteiger charge is -2.18. The average Bonchev–Trinajstić information content (AvgIpc) is 3.34. The van der Waals surface area contributed by atoms with Gasteiger partial charge in [0.2, 0.25) is 0 Å². The van der Waals surface area contributed by atoms with Crippen molar-refractivity contribution in [2.45, 2.75) is 316 Å². The molecule has 0 fully saturated rings. The van der Waals surface area contributed by atoms with Crippen LogP contribution < -0.4 is 0 Å². The molecule has 0 aromatic heterocycles. The standard InChI is InChI=1S/C62H112O6/c1-4-7-10-13-16-19-22-25-27-29-30-31-32-33-35-37-40-43-46-49-52-55-61(64)67-58-59(57-66-60(63)54-51-48-45-42-39-36-24-21-18-15-12-9-6-3)68-62(65)56-53-50-47-44-41-38-34-28-26-23-20-17-14-11-8-5-2/h7,10,16,19,25,27,30-31,59H,4-6,8-9,11-15,17-18,20-24,26,28-29,32-58H2,1-3H3/b10-7-,19-16-,27-25-,31-30-. The van der Waals surface area contributed by atoms with Crippen LogP contribution in [-0.2, 0) is 28.6 Å². The predicted octanol–water partition coefficient (Wildman–Crippen LogP) is 19.8. The SMILES string of the molecule is CC/C=C\C/C=C\C/C=C\C/C=C\CCCCCCCCCCC(=O)OCC(COC(=O)CCCCCCCCCCCCCCC)OC(=O)CCCCCCCCCCCCCCCCCC. The van der Waals surface area contributed by atoms with Gasteiger partial charge in [-0.2, -0.15) is 0 Å². The highest BCUT2D eigenvalue weighted by atomic mass is 16.6. The second-order valence-electron chi connectivity index (χ2n) is 19.9. The molecule has 0 aromatic carbocycles. The highest BCUT2D eigenvalue weighted by Gasteiger charge is 2.19. The molecule has 1 atom stereocenters. The van der Waals surface area contributed by atoms with Gasteiger partial charge >= 0.3 is 17.9 Å². The van der Waals surface area contributed by atoms with Gasteiger partial charge in [0.05, 0.1) is 0 Å². The first-order valence-electron chi connectivity index (χ1n) is 29.6. The Morgan fingerprint density at radius 2 is 0.574 bits per heavy atom. The van der Waals surface area contributed by atoms with Gasteiger partial charge in [-0.3, -0.25) is 14.4 Å². The summed E-state index contributed by atoms with van der Waals surface area (Å²) in [7, 11) is 0. The van der Waals surface area contributed by atoms with E-state index >= 15 is 0 Å². The molecular formula is C62H112O6. The van der Waals surface area contributed by atoms with E-state index in [2.05, 4.69) is 69.4 Å². The Labute approximate surface area is 422 Å². The smallest absolute Gasteiger partial charge is 0.306 e. The maximum Gasteiger partial charge on any atom is 0.306 e. The zero-order valence-corrected chi connectivity index (χ0v) is 45.4. The van der Waals surface area contributed by atoms with Crippen LogP contribution in [0.15, 0.2) is 48.6 Å². The topological polar surface area (TPSA) is 78.9 Å². The van der Waals surface area contributed by atoms with E-state index < -0.39 is 6.10 Å². The number of ether oxygens (including phenoxy) is 3. The fourth-order valence-electron chi connectivity index (χ4n) is 8.67. The highest BCUT2D eigenvalue weighted by molar-refractivity contribution is 5.71. The summed E-state index contributed by atoms with van der Waals surface area (Å²) < 4.78 is 16.9. The van der Waals surface area contributed by atoms with E-state index in [4.69, 9.17) is 14.2 Å². The molecule has 0 spiro atoms. The maximum atomic E-state index is 12.9. The second kappa shape index (κ2) is 57.0. The van der Waals surface area contributed by atoms with Crippen molar-refractivity contribution in [2.75, 3.05) is 13.2 Å². The van der Waals surface area contributed by atoms with Gasteiger partial charge in [0, 0.05) is 19.3 Å². The summed E-state index contributed by atoms with van der Waals surface area (Å²) in [5.41, 5.74) is 0. The minimum atomic E-state index is -0.772. The number of hydrogen-bond acceptors (Lipinski definition) is 6. The van der Waals surface area contributed by atoms with E-state index in [0.717, 1.165) is 89.9 Å². The highest BCUT2D eigenvalue weighted by Crippen LogP contribution is 2.17. The number of esters is 3. The molecule has 0 bridgehead atoms. The molecular weight excluding hydrogens is 841 g/mol. The van der Waals surface area contributed by atoms with Crippen molar-refractivity contribution in [2.24, 2.45) is 0 Å². The molecule has 0 saturated carbocycles. The van der Waals surface area contributed by atoms with E-state index in [1.165, 1.54) is 180 Å². The van der Waals surface area contributed by atoms with Gasteiger partial charge in [0.15, 0.2) is 6.10 Å². The molecule has 0 amide bonds. The summed E-state index contributed by atoms with van der Waals surface area (Å²) in [5.74, 6) is -0.860. The van der Waals surface area contributed by atoms with Crippen molar-refractivity contribution in [3.63, 3.8) is 0 Å². The molecule has 0 rings (SSSR count). The minimum Gasteiger partial charge on any atom is -0.462 e. The van der Waals surface area contributed by atoms with E-state index in [9.17, 15) is 14.4 Å². The van der Waals surface area contributed by atoms with Crippen molar-refractivity contribution in [3.05, 3.63) is 48.6 Å². The quantitative estimate of drug-likeness (QED) is 0.0262. The predicted molar refractivity (Wildman–Crippen MR) is 293 cm³/mol. The fraction of sp³-hybridized carbons (Fsp3) is 0.823. The number of unbranched alkanes of at least 4 members (excludes halogenated alkanes) is 35. The number of rotatable bonds is 54. The third-order valence-corrected chi connectivity index (χ3v) is 13.1. The number of allylic oxidation sites excluding steroid dienone is 8. The summed E-state index contributed by atoms with van der Waals surface area (Å²) in [6, 6.07) is 0. The monoisotopic (exact) mass is 953 g/mol. The molecule has 6 nitrogen and oxygen atoms in total. The molecule has 6 heteroatoms. The molecule has 0 aliphatic carbocycles. The zero-order chi connectivity index (χ0) is 49.3. The zero-order valence-electron chi connectivity index (χ0n) is 45.4. The Hall–Kier alpha value is -2.63. The van der Waals surface area contributed by atoms with Gasteiger partial charge in [0.25, 0.3) is 0 Å². The molecule has 1 unspecified atom stereocenters. The lowest BCUT2D eigenvalue weighted by molar-refractivity contribution is -0.167. The first-order valence-corrected chi connectivity index (χ1v) is 29.6. The molecule has 0 aliphatic rings. The van der Waals surface area contributed by atoms with Gasteiger partial charge in [-0.05, 0) is 57.8 Å². The van der Waals surface area contributed by atoms with Crippen LogP contribution in [0.3, 0.4) is 0 Å². The summed E-state index contributed by atoms with van der Waals surface area (Å²) in [6.45, 7) is 6.56. The van der Waals surface area contributed by atoms with Gasteiger partial charge in [-0.15, -0.1) is 0 Å². The fourth-order valence-corrected chi connectivity index (χ4v) is 8.67. The molecule has 0 radical (unpaired) electrons. The summed E-state index contributed by atoms with van der Waals surface area (Å²) >= 11 is 0. The van der Waals surface area contributed by atoms with E-state index in [1.807, 2.05) is 0 Å². The average molecular weight is 954 g/mol. The van der Waals surface area contributed by atoms with Crippen LogP contribution in [0.1, 0.15) is 310 Å². The third-order valence-electron chi connectivity index (χ3n) is 13.1. The second-order valence-corrected chi connectivity index (χ2v) is 19.9. The normalized spacial score (nSPS) is 12.3. The first kappa shape index (κ1) is 65.4. The van der Waals surface area contributed by atoms with Crippen LogP contribution in [0.2, 0.25) is 0 Å². The van der Waals surface area contributed by atoms with Crippen molar-refractivity contribution in [3.8, 4) is 0 Å². The molecule has 0 heterocycles. The Morgan fingerprint density at radius 3 is 0.897 bits per heavy atom.